The van der Waals surface area contributed by atoms with Crippen molar-refractivity contribution in [1.82, 2.24) is 9.88 Å². The molecule has 0 atom stereocenters. The van der Waals surface area contributed by atoms with Crippen molar-refractivity contribution < 1.29 is 9.53 Å². The lowest BCUT2D eigenvalue weighted by molar-refractivity contribution is 0.0995. The van der Waals surface area contributed by atoms with Gasteiger partial charge in [-0.2, -0.15) is 0 Å². The van der Waals surface area contributed by atoms with Crippen LogP contribution in [-0.4, -0.2) is 48.6 Å². The molecular formula is C20H25N4O2. The average Bonchev–Trinajstić information content (AvgIpc) is 2.89. The molecule has 1 aromatic carbocycles. The fourth-order valence-electron chi connectivity index (χ4n) is 3.21. The molecule has 26 heavy (non-hydrogen) atoms. The highest BCUT2D eigenvalue weighted by atomic mass is 16.5. The van der Waals surface area contributed by atoms with Crippen LogP contribution in [0, 0.1) is 6.07 Å². The van der Waals surface area contributed by atoms with E-state index in [1.807, 2.05) is 25.1 Å². The van der Waals surface area contributed by atoms with Gasteiger partial charge < -0.3 is 15.4 Å². The topological polar surface area (TPSA) is 71.7 Å². The maximum Gasteiger partial charge on any atom is 0.268 e. The van der Waals surface area contributed by atoms with Gasteiger partial charge in [0.2, 0.25) is 0 Å². The van der Waals surface area contributed by atoms with Gasteiger partial charge in [0.15, 0.2) is 0 Å². The van der Waals surface area contributed by atoms with Crippen molar-refractivity contribution in [1.29, 1.82) is 0 Å². The average molecular weight is 353 g/mol. The summed E-state index contributed by atoms with van der Waals surface area (Å²) in [6, 6.07) is 14.6. The molecular weight excluding hydrogens is 328 g/mol. The molecule has 1 radical (unpaired) electrons. The van der Waals surface area contributed by atoms with Crippen LogP contribution in [0.5, 0.6) is 5.75 Å². The molecule has 0 spiro atoms. The number of pyridine rings is 1. The maximum absolute atomic E-state index is 11.3. The Kier molecular flexibility index (Phi) is 6.07. The first-order valence-corrected chi connectivity index (χ1v) is 9.04. The van der Waals surface area contributed by atoms with Gasteiger partial charge in [0.05, 0.1) is 6.61 Å². The van der Waals surface area contributed by atoms with Gasteiger partial charge in [-0.1, -0.05) is 18.2 Å². The summed E-state index contributed by atoms with van der Waals surface area (Å²) in [6.07, 6.45) is 1.03. The highest BCUT2D eigenvalue weighted by molar-refractivity contribution is 5.90. The van der Waals surface area contributed by atoms with E-state index in [2.05, 4.69) is 33.0 Å². The van der Waals surface area contributed by atoms with Crippen LogP contribution in [0.2, 0.25) is 0 Å². The molecule has 1 aliphatic rings. The number of hydrogen-bond donors (Lipinski definition) is 1. The van der Waals surface area contributed by atoms with Gasteiger partial charge in [-0.05, 0) is 31.5 Å². The second-order valence-electron chi connectivity index (χ2n) is 6.32. The summed E-state index contributed by atoms with van der Waals surface area (Å²) in [5.41, 5.74) is 6.72. The van der Waals surface area contributed by atoms with E-state index in [4.69, 9.17) is 10.5 Å². The molecule has 0 aliphatic carbocycles. The van der Waals surface area contributed by atoms with Crippen LogP contribution in [0.15, 0.2) is 36.4 Å². The zero-order chi connectivity index (χ0) is 18.4. The molecule has 2 N–H and O–H groups in total. The van der Waals surface area contributed by atoms with Crippen molar-refractivity contribution in [3.05, 3.63) is 53.7 Å². The summed E-state index contributed by atoms with van der Waals surface area (Å²) in [7, 11) is 0. The number of benzene rings is 1. The van der Waals surface area contributed by atoms with Crippen molar-refractivity contribution in [3.8, 4) is 5.75 Å². The molecule has 3 rings (SSSR count). The highest BCUT2D eigenvalue weighted by Gasteiger charge is 2.18. The summed E-state index contributed by atoms with van der Waals surface area (Å²) < 4.78 is 5.74. The third-order valence-electron chi connectivity index (χ3n) is 4.49. The molecule has 0 saturated carbocycles. The highest BCUT2D eigenvalue weighted by Crippen LogP contribution is 2.21. The lowest BCUT2D eigenvalue weighted by Gasteiger charge is -2.23. The van der Waals surface area contributed by atoms with Gasteiger partial charge in [0, 0.05) is 44.4 Å². The Morgan fingerprint density at radius 1 is 1.23 bits per heavy atom. The number of rotatable bonds is 6. The maximum atomic E-state index is 11.3. The normalized spacial score (nSPS) is 15.5. The van der Waals surface area contributed by atoms with E-state index in [0.717, 1.165) is 50.7 Å². The largest absolute Gasteiger partial charge is 0.494 e. The summed E-state index contributed by atoms with van der Waals surface area (Å²) in [5.74, 6) is 1.20. The fourth-order valence-corrected chi connectivity index (χ4v) is 3.21. The third-order valence-corrected chi connectivity index (χ3v) is 4.49. The van der Waals surface area contributed by atoms with Gasteiger partial charge in [-0.25, -0.2) is 4.98 Å². The van der Waals surface area contributed by atoms with E-state index < -0.39 is 5.91 Å². The molecule has 1 aliphatic heterocycles. The summed E-state index contributed by atoms with van der Waals surface area (Å²) in [6.45, 7) is 7.23. The molecule has 0 bridgehead atoms. The number of primary amides is 1. The fraction of sp³-hybridized carbons (Fsp3) is 0.400. The zero-order valence-corrected chi connectivity index (χ0v) is 15.1. The van der Waals surface area contributed by atoms with Gasteiger partial charge >= 0.3 is 0 Å². The zero-order valence-electron chi connectivity index (χ0n) is 15.1. The number of nitrogens with two attached hydrogens (primary N) is 1. The van der Waals surface area contributed by atoms with E-state index >= 15 is 0 Å². The number of para-hydroxylation sites is 1. The van der Waals surface area contributed by atoms with Crippen LogP contribution in [0.3, 0.4) is 0 Å². The molecule has 6 nitrogen and oxygen atoms in total. The predicted octanol–water partition coefficient (Wildman–Crippen LogP) is 2.09. The lowest BCUT2D eigenvalue weighted by Crippen LogP contribution is -2.31. The summed E-state index contributed by atoms with van der Waals surface area (Å²) >= 11 is 0. The second-order valence-corrected chi connectivity index (χ2v) is 6.32. The molecule has 6 heteroatoms. The Balaban J connectivity index is 1.65. The van der Waals surface area contributed by atoms with E-state index in [9.17, 15) is 4.79 Å². The molecule has 1 saturated heterocycles. The van der Waals surface area contributed by atoms with E-state index in [0.29, 0.717) is 6.61 Å². The number of carbonyl (C=O) groups excluding carboxylic acids is 1. The smallest absolute Gasteiger partial charge is 0.268 e. The first kappa shape index (κ1) is 18.2. The number of aromatic nitrogens is 1. The van der Waals surface area contributed by atoms with Crippen molar-refractivity contribution in [2.24, 2.45) is 5.73 Å². The number of ether oxygens (including phenoxy) is 1. The lowest BCUT2D eigenvalue weighted by atomic mass is 10.2. The van der Waals surface area contributed by atoms with Crippen molar-refractivity contribution >= 4 is 11.7 Å². The molecule has 1 aromatic heterocycles. The van der Waals surface area contributed by atoms with E-state index in [1.54, 1.807) is 6.07 Å². The van der Waals surface area contributed by atoms with Crippen molar-refractivity contribution in [3.63, 3.8) is 0 Å². The van der Waals surface area contributed by atoms with Crippen LogP contribution < -0.4 is 15.4 Å². The first-order chi connectivity index (χ1) is 12.7. The quantitative estimate of drug-likeness (QED) is 0.861. The summed E-state index contributed by atoms with van der Waals surface area (Å²) in [5, 5.41) is 0. The summed E-state index contributed by atoms with van der Waals surface area (Å²) in [4.78, 5) is 20.3. The number of anilines is 1. The van der Waals surface area contributed by atoms with Gasteiger partial charge in [-0.15, -0.1) is 0 Å². The predicted molar refractivity (Wildman–Crippen MR) is 101 cm³/mol. The Bertz CT molecular complexity index is 750. The number of nitrogens with zero attached hydrogens (tertiary/aromatic N) is 3. The van der Waals surface area contributed by atoms with Crippen LogP contribution in [-0.2, 0) is 6.54 Å². The number of hydrogen-bond acceptors (Lipinski definition) is 5. The second kappa shape index (κ2) is 8.67. The monoisotopic (exact) mass is 353 g/mol. The van der Waals surface area contributed by atoms with Crippen molar-refractivity contribution in [2.45, 2.75) is 19.9 Å². The van der Waals surface area contributed by atoms with Gasteiger partial charge in [-0.3, -0.25) is 9.69 Å². The van der Waals surface area contributed by atoms with Crippen LogP contribution in [0.4, 0.5) is 5.82 Å². The van der Waals surface area contributed by atoms with Crippen LogP contribution in [0.25, 0.3) is 0 Å². The number of amides is 1. The van der Waals surface area contributed by atoms with E-state index in [-0.39, 0.29) is 5.69 Å². The molecule has 1 amide bonds. The van der Waals surface area contributed by atoms with Crippen LogP contribution in [0.1, 0.15) is 29.4 Å². The van der Waals surface area contributed by atoms with Gasteiger partial charge in [0.25, 0.3) is 5.91 Å². The molecule has 137 valence electrons. The Morgan fingerprint density at radius 2 is 2.08 bits per heavy atom. The van der Waals surface area contributed by atoms with Gasteiger partial charge in [0.1, 0.15) is 17.3 Å². The number of carbonyl (C=O) groups is 1. The first-order valence-electron chi connectivity index (χ1n) is 9.04. The van der Waals surface area contributed by atoms with Crippen molar-refractivity contribution in [2.75, 3.05) is 37.7 Å². The third kappa shape index (κ3) is 4.52. The van der Waals surface area contributed by atoms with Crippen LogP contribution >= 0.6 is 0 Å². The minimum Gasteiger partial charge on any atom is -0.494 e. The minimum absolute atomic E-state index is 0.189. The standard InChI is InChI=1S/C20H25N4O2/c1-2-26-18-9-4-3-7-16(18)15-23-11-6-12-24(14-13-23)19-10-5-8-17(22-19)20(21)25/h3-5,7,9-10H,2,6,11-15H2,1H3,(H2,21,25). The SMILES string of the molecule is CCOc1ccccc1CN1CCCN(c2cc[c]c(C(N)=O)n2)CC1. The Labute approximate surface area is 154 Å². The Morgan fingerprint density at radius 3 is 2.88 bits per heavy atom. The molecule has 1 fully saturated rings. The Hall–Kier alpha value is -2.60. The minimum atomic E-state index is -0.546. The molecule has 0 unspecified atom stereocenters. The molecule has 2 aromatic rings. The van der Waals surface area contributed by atoms with E-state index in [1.165, 1.54) is 5.56 Å². The molecule has 2 heterocycles.